The van der Waals surface area contributed by atoms with Gasteiger partial charge in [-0.1, -0.05) is 31.9 Å². The van der Waals surface area contributed by atoms with Gasteiger partial charge in [0, 0.05) is 6.04 Å². The highest BCUT2D eigenvalue weighted by Crippen LogP contribution is 2.23. The van der Waals surface area contributed by atoms with Gasteiger partial charge in [0.25, 0.3) is 10.7 Å². The largest absolute Gasteiger partial charge is 0.484 e. The Kier molecular flexibility index (Phi) is 6.08. The van der Waals surface area contributed by atoms with Crippen LogP contribution in [0.5, 0.6) is 5.75 Å². The highest BCUT2D eigenvalue weighted by Gasteiger charge is 2.23. The summed E-state index contributed by atoms with van der Waals surface area (Å²) in [5, 5.41) is 7.36. The lowest BCUT2D eigenvalue weighted by Gasteiger charge is -2.29. The molecule has 2 atom stereocenters. The quantitative estimate of drug-likeness (QED) is 0.778. The molecule has 6 nitrogen and oxygen atoms in total. The van der Waals surface area contributed by atoms with E-state index >= 15 is 0 Å². The second-order valence-corrected chi connectivity index (χ2v) is 7.31. The molecule has 0 aliphatic heterocycles. The van der Waals surface area contributed by atoms with Crippen molar-refractivity contribution in [1.29, 1.82) is 0 Å². The highest BCUT2D eigenvalue weighted by molar-refractivity contribution is 7.71. The van der Waals surface area contributed by atoms with Crippen molar-refractivity contribution in [1.82, 2.24) is 15.1 Å². The molecule has 2 aromatic rings. The fourth-order valence-electron chi connectivity index (χ4n) is 3.28. The molecular formula is C19H25N3O3S. The number of benzene rings is 1. The SMILES string of the molecule is Cc1cccc(OCc2nn(CC(=O)N[C@@H]3CCCC[C@@H]3C)c(=S)o2)c1. The minimum Gasteiger partial charge on any atom is -0.484 e. The van der Waals surface area contributed by atoms with E-state index in [-0.39, 0.29) is 29.9 Å². The van der Waals surface area contributed by atoms with Gasteiger partial charge >= 0.3 is 0 Å². The number of amides is 1. The van der Waals surface area contributed by atoms with Crippen LogP contribution in [0.2, 0.25) is 0 Å². The van der Waals surface area contributed by atoms with Crippen LogP contribution in [0.3, 0.4) is 0 Å². The zero-order chi connectivity index (χ0) is 18.5. The third kappa shape index (κ3) is 4.94. The summed E-state index contributed by atoms with van der Waals surface area (Å²) >= 11 is 5.17. The van der Waals surface area contributed by atoms with E-state index in [9.17, 15) is 4.79 Å². The van der Waals surface area contributed by atoms with Crippen molar-refractivity contribution in [3.05, 3.63) is 40.6 Å². The van der Waals surface area contributed by atoms with E-state index in [0.717, 1.165) is 24.2 Å². The number of hydrogen-bond donors (Lipinski definition) is 1. The number of carbonyl (C=O) groups excluding carboxylic acids is 1. The van der Waals surface area contributed by atoms with Crippen molar-refractivity contribution in [2.24, 2.45) is 5.92 Å². The van der Waals surface area contributed by atoms with Crippen LogP contribution in [-0.2, 0) is 17.9 Å². The molecule has 1 aliphatic carbocycles. The van der Waals surface area contributed by atoms with E-state index in [0.29, 0.717) is 11.8 Å². The fraction of sp³-hybridized carbons (Fsp3) is 0.526. The zero-order valence-electron chi connectivity index (χ0n) is 15.2. The van der Waals surface area contributed by atoms with Crippen LogP contribution < -0.4 is 10.1 Å². The van der Waals surface area contributed by atoms with Crippen molar-refractivity contribution in [3.8, 4) is 5.75 Å². The van der Waals surface area contributed by atoms with Gasteiger partial charge in [-0.05, 0) is 55.6 Å². The molecule has 1 fully saturated rings. The summed E-state index contributed by atoms with van der Waals surface area (Å²) < 4.78 is 12.5. The molecule has 7 heteroatoms. The molecule has 1 aromatic heterocycles. The normalized spacial score (nSPS) is 19.9. The van der Waals surface area contributed by atoms with E-state index in [4.69, 9.17) is 21.4 Å². The van der Waals surface area contributed by atoms with E-state index in [2.05, 4.69) is 17.3 Å². The van der Waals surface area contributed by atoms with E-state index < -0.39 is 0 Å². The van der Waals surface area contributed by atoms with Gasteiger partial charge < -0.3 is 14.5 Å². The molecule has 1 heterocycles. The summed E-state index contributed by atoms with van der Waals surface area (Å²) in [5.74, 6) is 1.52. The Morgan fingerprint density at radius 1 is 1.42 bits per heavy atom. The van der Waals surface area contributed by atoms with Crippen molar-refractivity contribution in [3.63, 3.8) is 0 Å². The number of nitrogens with one attached hydrogen (secondary N) is 1. The third-order valence-corrected chi connectivity index (χ3v) is 5.05. The predicted octanol–water partition coefficient (Wildman–Crippen LogP) is 3.79. The van der Waals surface area contributed by atoms with Gasteiger partial charge in [-0.3, -0.25) is 4.79 Å². The average Bonchev–Trinajstić information content (AvgIpc) is 2.95. The molecule has 0 saturated heterocycles. The lowest BCUT2D eigenvalue weighted by atomic mass is 9.86. The first kappa shape index (κ1) is 18.6. The maximum Gasteiger partial charge on any atom is 0.287 e. The fourth-order valence-corrected chi connectivity index (χ4v) is 3.48. The maximum atomic E-state index is 12.3. The van der Waals surface area contributed by atoms with Crippen LogP contribution in [-0.4, -0.2) is 21.7 Å². The van der Waals surface area contributed by atoms with Crippen LogP contribution in [0.4, 0.5) is 0 Å². The van der Waals surface area contributed by atoms with Crippen LogP contribution in [0.15, 0.2) is 28.7 Å². The molecule has 1 N–H and O–H groups in total. The second-order valence-electron chi connectivity index (χ2n) is 6.96. The van der Waals surface area contributed by atoms with Crippen molar-refractivity contribution in [2.75, 3.05) is 0 Å². The number of aromatic nitrogens is 2. The van der Waals surface area contributed by atoms with Crippen molar-refractivity contribution in [2.45, 2.75) is 58.7 Å². The molecule has 1 aromatic carbocycles. The summed E-state index contributed by atoms with van der Waals surface area (Å²) in [4.78, 5) is 12.5. The first-order chi connectivity index (χ1) is 12.5. The van der Waals surface area contributed by atoms with Crippen molar-refractivity contribution < 1.29 is 13.9 Å². The summed E-state index contributed by atoms with van der Waals surface area (Å²) in [6.45, 7) is 4.42. The predicted molar refractivity (Wildman–Crippen MR) is 100 cm³/mol. The Bertz CT molecular complexity index is 814. The number of ether oxygens (including phenoxy) is 1. The van der Waals surface area contributed by atoms with Gasteiger partial charge in [0.2, 0.25) is 5.91 Å². The molecular weight excluding hydrogens is 350 g/mol. The molecule has 0 radical (unpaired) electrons. The second kappa shape index (κ2) is 8.49. The van der Waals surface area contributed by atoms with Gasteiger partial charge in [-0.15, -0.1) is 5.10 Å². The first-order valence-electron chi connectivity index (χ1n) is 9.07. The Morgan fingerprint density at radius 2 is 2.23 bits per heavy atom. The van der Waals surface area contributed by atoms with Crippen LogP contribution in [0.1, 0.15) is 44.1 Å². The number of hydrogen-bond acceptors (Lipinski definition) is 5. The Morgan fingerprint density at radius 3 is 3.00 bits per heavy atom. The molecule has 140 valence electrons. The third-order valence-electron chi connectivity index (χ3n) is 4.75. The Balaban J connectivity index is 1.55. The summed E-state index contributed by atoms with van der Waals surface area (Å²) in [6, 6.07) is 7.97. The topological polar surface area (TPSA) is 69.3 Å². The van der Waals surface area contributed by atoms with Crippen molar-refractivity contribution >= 4 is 18.1 Å². The molecule has 1 aliphatic rings. The summed E-state index contributed by atoms with van der Waals surface area (Å²) in [5.41, 5.74) is 1.11. The Labute approximate surface area is 158 Å². The molecule has 1 amide bonds. The van der Waals surface area contributed by atoms with E-state index in [1.807, 2.05) is 31.2 Å². The summed E-state index contributed by atoms with van der Waals surface area (Å²) in [6.07, 6.45) is 4.60. The lowest BCUT2D eigenvalue weighted by molar-refractivity contribution is -0.123. The van der Waals surface area contributed by atoms with Gasteiger partial charge in [0.15, 0.2) is 6.61 Å². The first-order valence-corrected chi connectivity index (χ1v) is 9.48. The monoisotopic (exact) mass is 375 g/mol. The molecule has 0 bridgehead atoms. The van der Waals surface area contributed by atoms with Crippen LogP contribution in [0.25, 0.3) is 0 Å². The van der Waals surface area contributed by atoms with E-state index in [1.54, 1.807) is 0 Å². The molecule has 3 rings (SSSR count). The molecule has 0 unspecified atom stereocenters. The molecule has 1 saturated carbocycles. The van der Waals surface area contributed by atoms with E-state index in [1.165, 1.54) is 17.5 Å². The zero-order valence-corrected chi connectivity index (χ0v) is 16.1. The lowest BCUT2D eigenvalue weighted by Crippen LogP contribution is -2.42. The van der Waals surface area contributed by atoms with Gasteiger partial charge in [-0.25, -0.2) is 4.68 Å². The number of rotatable bonds is 6. The van der Waals surface area contributed by atoms with Crippen LogP contribution in [0, 0.1) is 17.7 Å². The van der Waals surface area contributed by atoms with Gasteiger partial charge in [-0.2, -0.15) is 0 Å². The highest BCUT2D eigenvalue weighted by atomic mass is 32.1. The average molecular weight is 375 g/mol. The number of carbonyl (C=O) groups is 1. The minimum atomic E-state index is -0.0840. The smallest absolute Gasteiger partial charge is 0.287 e. The van der Waals surface area contributed by atoms with Crippen LogP contribution >= 0.6 is 12.2 Å². The number of nitrogens with zero attached hydrogens (tertiary/aromatic N) is 2. The molecule has 26 heavy (non-hydrogen) atoms. The van der Waals surface area contributed by atoms with Gasteiger partial charge in [0.1, 0.15) is 12.3 Å². The number of aryl methyl sites for hydroxylation is 1. The molecule has 0 spiro atoms. The standard InChI is InChI=1S/C19H25N3O3S/c1-13-6-5-8-15(10-13)24-12-18-21-22(19(26)25-18)11-17(23)20-16-9-4-3-7-14(16)2/h5-6,8,10,14,16H,3-4,7,9,11-12H2,1-2H3,(H,20,23)/t14-,16+/m0/s1. The van der Waals surface area contributed by atoms with Gasteiger partial charge in [0.05, 0.1) is 0 Å². The Hall–Kier alpha value is -2.15. The maximum absolute atomic E-state index is 12.3. The minimum absolute atomic E-state index is 0.0655. The summed E-state index contributed by atoms with van der Waals surface area (Å²) in [7, 11) is 0.